The summed E-state index contributed by atoms with van der Waals surface area (Å²) >= 11 is 12.2. The Kier molecular flexibility index (Phi) is 5.81. The second-order valence-electron chi connectivity index (χ2n) is 5.64. The van der Waals surface area contributed by atoms with Gasteiger partial charge in [0.15, 0.2) is 0 Å². The number of halogens is 2. The van der Waals surface area contributed by atoms with Crippen LogP contribution in [0.5, 0.6) is 0 Å². The van der Waals surface area contributed by atoms with Crippen molar-refractivity contribution >= 4 is 40.9 Å². The molecule has 0 aliphatic rings. The van der Waals surface area contributed by atoms with Crippen LogP contribution in [0.25, 0.3) is 17.4 Å². The van der Waals surface area contributed by atoms with Crippen molar-refractivity contribution in [3.63, 3.8) is 0 Å². The molecule has 1 aromatic heterocycles. The van der Waals surface area contributed by atoms with Gasteiger partial charge < -0.3 is 9.73 Å². The minimum Gasteiger partial charge on any atom is -0.457 e. The van der Waals surface area contributed by atoms with Gasteiger partial charge in [-0.3, -0.25) is 4.79 Å². The zero-order valence-electron chi connectivity index (χ0n) is 14.2. The van der Waals surface area contributed by atoms with Crippen LogP contribution in [0, 0.1) is 22.7 Å². The molecule has 3 rings (SSSR count). The lowest BCUT2D eigenvalue weighted by Crippen LogP contribution is -2.13. The Labute approximate surface area is 171 Å². The Hall–Kier alpha value is -3.51. The van der Waals surface area contributed by atoms with E-state index in [-0.39, 0.29) is 5.57 Å². The Morgan fingerprint density at radius 2 is 1.79 bits per heavy atom. The van der Waals surface area contributed by atoms with Crippen molar-refractivity contribution in [2.75, 3.05) is 5.32 Å². The van der Waals surface area contributed by atoms with E-state index in [1.54, 1.807) is 54.6 Å². The third kappa shape index (κ3) is 4.42. The molecule has 7 heteroatoms. The average molecular weight is 408 g/mol. The van der Waals surface area contributed by atoms with Crippen LogP contribution in [0.4, 0.5) is 5.69 Å². The van der Waals surface area contributed by atoms with Crippen LogP contribution >= 0.6 is 23.2 Å². The molecule has 1 heterocycles. The van der Waals surface area contributed by atoms with Crippen LogP contribution in [-0.2, 0) is 4.79 Å². The molecule has 0 saturated carbocycles. The van der Waals surface area contributed by atoms with Gasteiger partial charge in [-0.1, -0.05) is 23.2 Å². The molecule has 3 aromatic rings. The average Bonchev–Trinajstić information content (AvgIpc) is 3.17. The largest absolute Gasteiger partial charge is 0.457 e. The first-order chi connectivity index (χ1) is 13.5. The highest BCUT2D eigenvalue weighted by molar-refractivity contribution is 6.35. The first-order valence-corrected chi connectivity index (χ1v) is 8.74. The van der Waals surface area contributed by atoms with Crippen molar-refractivity contribution in [1.29, 1.82) is 10.5 Å². The predicted molar refractivity (Wildman–Crippen MR) is 108 cm³/mol. The van der Waals surface area contributed by atoms with Crippen molar-refractivity contribution in [3.8, 4) is 23.5 Å². The van der Waals surface area contributed by atoms with Gasteiger partial charge in [-0.25, -0.2) is 0 Å². The molecule has 136 valence electrons. The smallest absolute Gasteiger partial charge is 0.266 e. The van der Waals surface area contributed by atoms with Gasteiger partial charge in [0.05, 0.1) is 16.7 Å². The number of furan rings is 1. The molecule has 1 N–H and O–H groups in total. The maximum absolute atomic E-state index is 12.3. The second-order valence-corrected chi connectivity index (χ2v) is 6.48. The lowest BCUT2D eigenvalue weighted by atomic mass is 10.2. The SMILES string of the molecule is N#CC(=Cc1ccc(-c2cc(Cl)ccc2Cl)o1)C(=O)Nc1ccc(C#N)cc1. The minimum absolute atomic E-state index is 0.137. The van der Waals surface area contributed by atoms with Crippen molar-refractivity contribution in [2.24, 2.45) is 0 Å². The van der Waals surface area contributed by atoms with Gasteiger partial charge in [-0.2, -0.15) is 10.5 Å². The predicted octanol–water partition coefficient (Wildman–Crippen LogP) is 5.67. The molecular formula is C21H11Cl2N3O2. The van der Waals surface area contributed by atoms with Crippen LogP contribution in [0.3, 0.4) is 0 Å². The van der Waals surface area contributed by atoms with Gasteiger partial charge in [0.25, 0.3) is 5.91 Å². The highest BCUT2D eigenvalue weighted by Crippen LogP contribution is 2.32. The Morgan fingerprint density at radius 1 is 1.04 bits per heavy atom. The van der Waals surface area contributed by atoms with E-state index in [1.807, 2.05) is 12.1 Å². The van der Waals surface area contributed by atoms with Crippen LogP contribution in [0.1, 0.15) is 11.3 Å². The molecule has 2 aromatic carbocycles. The zero-order valence-corrected chi connectivity index (χ0v) is 15.8. The van der Waals surface area contributed by atoms with Gasteiger partial charge in [0, 0.05) is 22.3 Å². The van der Waals surface area contributed by atoms with E-state index in [4.69, 9.17) is 32.9 Å². The molecule has 28 heavy (non-hydrogen) atoms. The first kappa shape index (κ1) is 19.3. The van der Waals surface area contributed by atoms with E-state index in [0.29, 0.717) is 38.4 Å². The number of benzene rings is 2. The molecular weight excluding hydrogens is 397 g/mol. The first-order valence-electron chi connectivity index (χ1n) is 7.98. The second kappa shape index (κ2) is 8.45. The summed E-state index contributed by atoms with van der Waals surface area (Å²) in [7, 11) is 0. The molecule has 0 saturated heterocycles. The molecule has 0 unspecified atom stereocenters. The highest BCUT2D eigenvalue weighted by Gasteiger charge is 2.13. The summed E-state index contributed by atoms with van der Waals surface area (Å²) in [5.41, 5.74) is 1.41. The maximum atomic E-state index is 12.3. The molecule has 0 fully saturated rings. The lowest BCUT2D eigenvalue weighted by molar-refractivity contribution is -0.112. The van der Waals surface area contributed by atoms with E-state index in [0.717, 1.165) is 0 Å². The molecule has 0 aliphatic heterocycles. The Bertz CT molecular complexity index is 1150. The zero-order chi connectivity index (χ0) is 20.1. The van der Waals surface area contributed by atoms with Crippen LogP contribution in [0.15, 0.2) is 64.6 Å². The molecule has 0 spiro atoms. The molecule has 1 amide bonds. The fourth-order valence-corrected chi connectivity index (χ4v) is 2.76. The molecule has 0 atom stereocenters. The van der Waals surface area contributed by atoms with E-state index < -0.39 is 5.91 Å². The van der Waals surface area contributed by atoms with Crippen molar-refractivity contribution in [3.05, 3.63) is 81.5 Å². The van der Waals surface area contributed by atoms with Crippen LogP contribution < -0.4 is 5.32 Å². The van der Waals surface area contributed by atoms with E-state index >= 15 is 0 Å². The summed E-state index contributed by atoms with van der Waals surface area (Å²) in [5.74, 6) is 0.187. The molecule has 0 aliphatic carbocycles. The van der Waals surface area contributed by atoms with E-state index in [2.05, 4.69) is 5.32 Å². The number of carbonyl (C=O) groups excluding carboxylic acids is 1. The maximum Gasteiger partial charge on any atom is 0.266 e. The third-order valence-electron chi connectivity index (χ3n) is 3.74. The number of hydrogen-bond donors (Lipinski definition) is 1. The number of nitriles is 2. The molecule has 0 bridgehead atoms. The van der Waals surface area contributed by atoms with Gasteiger partial charge >= 0.3 is 0 Å². The number of amides is 1. The van der Waals surface area contributed by atoms with Crippen LogP contribution in [-0.4, -0.2) is 5.91 Å². The van der Waals surface area contributed by atoms with Crippen molar-refractivity contribution in [1.82, 2.24) is 0 Å². The molecule has 0 radical (unpaired) electrons. The summed E-state index contributed by atoms with van der Waals surface area (Å²) in [6, 6.07) is 18.4. The fourth-order valence-electron chi connectivity index (χ4n) is 2.38. The van der Waals surface area contributed by atoms with Crippen molar-refractivity contribution < 1.29 is 9.21 Å². The number of carbonyl (C=O) groups is 1. The van der Waals surface area contributed by atoms with E-state index in [9.17, 15) is 10.1 Å². The minimum atomic E-state index is -0.592. The summed E-state index contributed by atoms with van der Waals surface area (Å²) in [6.45, 7) is 0. The summed E-state index contributed by atoms with van der Waals surface area (Å²) in [5, 5.41) is 21.7. The number of nitrogens with one attached hydrogen (secondary N) is 1. The lowest BCUT2D eigenvalue weighted by Gasteiger charge is -2.04. The summed E-state index contributed by atoms with van der Waals surface area (Å²) < 4.78 is 5.68. The fraction of sp³-hybridized carbons (Fsp3) is 0. The Morgan fingerprint density at radius 3 is 2.46 bits per heavy atom. The van der Waals surface area contributed by atoms with E-state index in [1.165, 1.54) is 6.08 Å². The summed E-state index contributed by atoms with van der Waals surface area (Å²) in [4.78, 5) is 12.3. The number of rotatable bonds is 4. The Balaban J connectivity index is 1.82. The van der Waals surface area contributed by atoms with Gasteiger partial charge in [-0.05, 0) is 54.6 Å². The monoisotopic (exact) mass is 407 g/mol. The molecule has 5 nitrogen and oxygen atoms in total. The normalized spacial score (nSPS) is 10.8. The van der Waals surface area contributed by atoms with Gasteiger partial charge in [0.1, 0.15) is 23.2 Å². The van der Waals surface area contributed by atoms with Gasteiger partial charge in [0.2, 0.25) is 0 Å². The van der Waals surface area contributed by atoms with Crippen LogP contribution in [0.2, 0.25) is 10.0 Å². The summed E-state index contributed by atoms with van der Waals surface area (Å²) in [6.07, 6.45) is 1.33. The number of nitrogens with zero attached hydrogens (tertiary/aromatic N) is 2. The number of hydrogen-bond acceptors (Lipinski definition) is 4. The van der Waals surface area contributed by atoms with Crippen molar-refractivity contribution in [2.45, 2.75) is 0 Å². The van der Waals surface area contributed by atoms with Gasteiger partial charge in [-0.15, -0.1) is 0 Å². The standard InChI is InChI=1S/C21H11Cl2N3O2/c22-15-3-7-19(23)18(10-15)20-8-6-17(28-20)9-14(12-25)21(27)26-16-4-1-13(11-24)2-5-16/h1-10H,(H,26,27). The number of anilines is 1. The highest BCUT2D eigenvalue weighted by atomic mass is 35.5. The third-order valence-corrected chi connectivity index (χ3v) is 4.31. The quantitative estimate of drug-likeness (QED) is 0.445. The topological polar surface area (TPSA) is 89.8 Å².